The van der Waals surface area contributed by atoms with Crippen molar-refractivity contribution in [2.75, 3.05) is 18.1 Å². The number of carbonyl (C=O) groups excluding carboxylic acids is 1. The van der Waals surface area contributed by atoms with E-state index in [9.17, 15) is 9.59 Å². The van der Waals surface area contributed by atoms with Crippen LogP contribution in [0.25, 0.3) is 0 Å². The molecule has 0 spiro atoms. The van der Waals surface area contributed by atoms with E-state index in [1.165, 1.54) is 0 Å². The Morgan fingerprint density at radius 2 is 2.05 bits per heavy atom. The Bertz CT molecular complexity index is 484. The minimum absolute atomic E-state index is 0.139. The highest BCUT2D eigenvalue weighted by Crippen LogP contribution is 2.22. The van der Waals surface area contributed by atoms with Crippen molar-refractivity contribution in [3.05, 3.63) is 35.4 Å². The van der Waals surface area contributed by atoms with Crippen LogP contribution in [0, 0.1) is 5.92 Å². The van der Waals surface area contributed by atoms with Crippen molar-refractivity contribution in [1.82, 2.24) is 5.32 Å². The molecule has 1 aliphatic rings. The fraction of sp³-hybridized carbons (Fsp3) is 0.467. The summed E-state index contributed by atoms with van der Waals surface area (Å²) < 4.78 is 0. The van der Waals surface area contributed by atoms with E-state index < -0.39 is 5.97 Å². The number of carboxylic acids is 1. The van der Waals surface area contributed by atoms with E-state index in [2.05, 4.69) is 5.32 Å². The molecule has 0 unspecified atom stereocenters. The molecular weight excluding hydrogens is 274 g/mol. The van der Waals surface area contributed by atoms with E-state index in [4.69, 9.17) is 5.11 Å². The molecule has 1 heterocycles. The van der Waals surface area contributed by atoms with E-state index in [1.807, 2.05) is 17.8 Å². The largest absolute Gasteiger partial charge is 0.478 e. The van der Waals surface area contributed by atoms with E-state index in [-0.39, 0.29) is 17.4 Å². The van der Waals surface area contributed by atoms with E-state index in [0.717, 1.165) is 29.9 Å². The molecule has 0 radical (unpaired) electrons. The lowest BCUT2D eigenvalue weighted by molar-refractivity contribution is -0.125. The van der Waals surface area contributed by atoms with E-state index >= 15 is 0 Å². The molecular formula is C15H19NO3S. The molecule has 1 saturated heterocycles. The van der Waals surface area contributed by atoms with Crippen LogP contribution in [0.1, 0.15) is 28.8 Å². The van der Waals surface area contributed by atoms with Gasteiger partial charge in [-0.1, -0.05) is 12.1 Å². The molecule has 0 aliphatic carbocycles. The second kappa shape index (κ2) is 7.33. The fourth-order valence-corrected chi connectivity index (χ4v) is 3.40. The summed E-state index contributed by atoms with van der Waals surface area (Å²) in [6.45, 7) is 0.561. The summed E-state index contributed by atoms with van der Waals surface area (Å²) in [6, 6.07) is 6.85. The topological polar surface area (TPSA) is 66.4 Å². The molecule has 0 bridgehead atoms. The molecule has 4 nitrogen and oxygen atoms in total. The predicted octanol–water partition coefficient (Wildman–Crippen LogP) is 2.19. The smallest absolute Gasteiger partial charge is 0.335 e. The van der Waals surface area contributed by atoms with Gasteiger partial charge >= 0.3 is 5.97 Å². The van der Waals surface area contributed by atoms with Gasteiger partial charge in [0.05, 0.1) is 5.56 Å². The number of benzene rings is 1. The van der Waals surface area contributed by atoms with Crippen LogP contribution in [0.3, 0.4) is 0 Å². The second-order valence-corrected chi connectivity index (χ2v) is 6.16. The van der Waals surface area contributed by atoms with Gasteiger partial charge in [-0.3, -0.25) is 4.79 Å². The predicted molar refractivity (Wildman–Crippen MR) is 80.2 cm³/mol. The normalized spacial score (nSPS) is 15.8. The molecule has 20 heavy (non-hydrogen) atoms. The van der Waals surface area contributed by atoms with Gasteiger partial charge in [0.25, 0.3) is 0 Å². The molecule has 1 aliphatic heterocycles. The number of amides is 1. The first-order chi connectivity index (χ1) is 9.66. The standard InChI is InChI=1S/C15H19NO3S/c17-14(12-5-8-20-9-6-12)16-7-4-11-2-1-3-13(10-11)15(18)19/h1-3,10,12H,4-9H2,(H,16,17)(H,18,19). The molecule has 5 heteroatoms. The average Bonchev–Trinajstić information content (AvgIpc) is 2.48. The third-order valence-electron chi connectivity index (χ3n) is 3.48. The van der Waals surface area contributed by atoms with Crippen LogP contribution >= 0.6 is 11.8 Å². The van der Waals surface area contributed by atoms with E-state index in [0.29, 0.717) is 13.0 Å². The molecule has 1 amide bonds. The summed E-state index contributed by atoms with van der Waals surface area (Å²) in [5.74, 6) is 1.51. The molecule has 108 valence electrons. The highest BCUT2D eigenvalue weighted by molar-refractivity contribution is 7.99. The fourth-order valence-electron chi connectivity index (χ4n) is 2.29. The number of aromatic carboxylic acids is 1. The highest BCUT2D eigenvalue weighted by atomic mass is 32.2. The number of thioether (sulfide) groups is 1. The Labute approximate surface area is 123 Å². The van der Waals surface area contributed by atoms with Gasteiger partial charge in [0, 0.05) is 12.5 Å². The number of rotatable bonds is 5. The Kier molecular flexibility index (Phi) is 5.47. The highest BCUT2D eigenvalue weighted by Gasteiger charge is 2.20. The Balaban J connectivity index is 1.79. The first-order valence-electron chi connectivity index (χ1n) is 6.84. The van der Waals surface area contributed by atoms with Crippen molar-refractivity contribution in [3.63, 3.8) is 0 Å². The van der Waals surface area contributed by atoms with Crippen molar-refractivity contribution in [2.45, 2.75) is 19.3 Å². The zero-order valence-corrected chi connectivity index (χ0v) is 12.1. The monoisotopic (exact) mass is 293 g/mol. The number of nitrogens with one attached hydrogen (secondary N) is 1. The molecule has 1 aromatic carbocycles. The van der Waals surface area contributed by atoms with Crippen LogP contribution in [0.5, 0.6) is 0 Å². The zero-order valence-electron chi connectivity index (χ0n) is 11.3. The van der Waals surface area contributed by atoms with Crippen molar-refractivity contribution in [3.8, 4) is 0 Å². The summed E-state index contributed by atoms with van der Waals surface area (Å²) in [7, 11) is 0. The minimum atomic E-state index is -0.921. The summed E-state index contributed by atoms with van der Waals surface area (Å²) >= 11 is 1.91. The van der Waals surface area contributed by atoms with Crippen LogP contribution in [0.2, 0.25) is 0 Å². The van der Waals surface area contributed by atoms with Crippen LogP contribution in [0.4, 0.5) is 0 Å². The summed E-state index contributed by atoms with van der Waals surface area (Å²) in [6.07, 6.45) is 2.59. The van der Waals surface area contributed by atoms with Crippen LogP contribution < -0.4 is 5.32 Å². The number of carboxylic acid groups (broad SMARTS) is 1. The Morgan fingerprint density at radius 1 is 1.30 bits per heavy atom. The molecule has 0 atom stereocenters. The van der Waals surface area contributed by atoms with Gasteiger partial charge < -0.3 is 10.4 Å². The van der Waals surface area contributed by atoms with Gasteiger partial charge in [-0.2, -0.15) is 11.8 Å². The molecule has 2 N–H and O–H groups in total. The van der Waals surface area contributed by atoms with Crippen molar-refractivity contribution < 1.29 is 14.7 Å². The van der Waals surface area contributed by atoms with Gasteiger partial charge in [0.1, 0.15) is 0 Å². The van der Waals surface area contributed by atoms with Crippen LogP contribution in [-0.4, -0.2) is 35.0 Å². The van der Waals surface area contributed by atoms with Crippen molar-refractivity contribution in [2.24, 2.45) is 5.92 Å². The molecule has 0 saturated carbocycles. The van der Waals surface area contributed by atoms with Crippen molar-refractivity contribution >= 4 is 23.6 Å². The van der Waals surface area contributed by atoms with E-state index in [1.54, 1.807) is 18.2 Å². The third kappa shape index (κ3) is 4.27. The van der Waals surface area contributed by atoms with Crippen molar-refractivity contribution in [1.29, 1.82) is 0 Å². The third-order valence-corrected chi connectivity index (χ3v) is 4.53. The molecule has 1 aromatic rings. The zero-order chi connectivity index (χ0) is 14.4. The lowest BCUT2D eigenvalue weighted by Gasteiger charge is -2.20. The maximum Gasteiger partial charge on any atom is 0.335 e. The Morgan fingerprint density at radius 3 is 2.75 bits per heavy atom. The second-order valence-electron chi connectivity index (χ2n) is 4.93. The molecule has 1 fully saturated rings. The summed E-state index contributed by atoms with van der Waals surface area (Å²) in [5, 5.41) is 11.9. The van der Waals surface area contributed by atoms with Gasteiger partial charge in [-0.15, -0.1) is 0 Å². The van der Waals surface area contributed by atoms with Gasteiger partial charge in [-0.05, 0) is 48.5 Å². The average molecular weight is 293 g/mol. The maximum absolute atomic E-state index is 11.9. The number of hydrogen-bond donors (Lipinski definition) is 2. The molecule has 2 rings (SSSR count). The van der Waals surface area contributed by atoms with Gasteiger partial charge in [-0.25, -0.2) is 4.79 Å². The number of hydrogen-bond acceptors (Lipinski definition) is 3. The van der Waals surface area contributed by atoms with Gasteiger partial charge in [0.2, 0.25) is 5.91 Å². The lowest BCUT2D eigenvalue weighted by atomic mass is 10.0. The molecule has 0 aromatic heterocycles. The van der Waals surface area contributed by atoms with Gasteiger partial charge in [0.15, 0.2) is 0 Å². The first-order valence-corrected chi connectivity index (χ1v) is 8.00. The Hall–Kier alpha value is -1.49. The van der Waals surface area contributed by atoms with Crippen LogP contribution in [0.15, 0.2) is 24.3 Å². The summed E-state index contributed by atoms with van der Waals surface area (Å²) in [4.78, 5) is 22.8. The maximum atomic E-state index is 11.9. The summed E-state index contributed by atoms with van der Waals surface area (Å²) in [5.41, 5.74) is 1.22. The SMILES string of the molecule is O=C(O)c1cccc(CCNC(=O)C2CCSCC2)c1. The first kappa shape index (κ1) is 14.9. The quantitative estimate of drug-likeness (QED) is 0.873. The minimum Gasteiger partial charge on any atom is -0.478 e. The van der Waals surface area contributed by atoms with Crippen LogP contribution in [-0.2, 0) is 11.2 Å². The lowest BCUT2D eigenvalue weighted by Crippen LogP contribution is -2.34. The number of carbonyl (C=O) groups is 2.